The molecule has 0 bridgehead atoms. The highest BCUT2D eigenvalue weighted by molar-refractivity contribution is 6.17. The van der Waals surface area contributed by atoms with Gasteiger partial charge in [0, 0.05) is 23.3 Å². The van der Waals surface area contributed by atoms with Gasteiger partial charge in [0.1, 0.15) is 11.5 Å². The number of nitrogens with zero attached hydrogens (tertiary/aromatic N) is 2. The number of hydrogen-bond acceptors (Lipinski definition) is 3. The minimum atomic E-state index is 0.365. The Morgan fingerprint density at radius 3 is 2.89 bits per heavy atom. The number of halogens is 1. The van der Waals surface area contributed by atoms with Crippen LogP contribution in [0.4, 0.5) is 0 Å². The SMILES string of the molecule is ClCc1cnccc1Oc1cnc2ccccc2c1. The van der Waals surface area contributed by atoms with Crippen LogP contribution in [0.1, 0.15) is 5.56 Å². The molecule has 19 heavy (non-hydrogen) atoms. The van der Waals surface area contributed by atoms with Gasteiger partial charge in [-0.3, -0.25) is 9.97 Å². The lowest BCUT2D eigenvalue weighted by Gasteiger charge is -2.09. The quantitative estimate of drug-likeness (QED) is 0.670. The molecule has 3 rings (SSSR count). The third kappa shape index (κ3) is 2.51. The molecule has 0 radical (unpaired) electrons. The summed E-state index contributed by atoms with van der Waals surface area (Å²) in [4.78, 5) is 8.39. The Morgan fingerprint density at radius 2 is 2.00 bits per heavy atom. The lowest BCUT2D eigenvalue weighted by Crippen LogP contribution is -1.91. The highest BCUT2D eigenvalue weighted by Crippen LogP contribution is 2.27. The summed E-state index contributed by atoms with van der Waals surface area (Å²) in [6.07, 6.45) is 5.09. The van der Waals surface area contributed by atoms with Crippen LogP contribution in [0.2, 0.25) is 0 Å². The van der Waals surface area contributed by atoms with Crippen LogP contribution in [0.3, 0.4) is 0 Å². The summed E-state index contributed by atoms with van der Waals surface area (Å²) < 4.78 is 5.82. The molecule has 4 heteroatoms. The molecule has 0 amide bonds. The van der Waals surface area contributed by atoms with E-state index in [1.165, 1.54) is 0 Å². The number of benzene rings is 1. The topological polar surface area (TPSA) is 35.0 Å². The van der Waals surface area contributed by atoms with E-state index in [1.807, 2.05) is 30.3 Å². The molecular formula is C15H11ClN2O. The molecule has 0 N–H and O–H groups in total. The summed E-state index contributed by atoms with van der Waals surface area (Å²) in [5.74, 6) is 1.77. The van der Waals surface area contributed by atoms with Gasteiger partial charge in [-0.1, -0.05) is 18.2 Å². The molecule has 0 atom stereocenters. The highest BCUT2D eigenvalue weighted by atomic mass is 35.5. The first-order chi connectivity index (χ1) is 9.36. The van der Waals surface area contributed by atoms with Gasteiger partial charge in [-0.05, 0) is 18.2 Å². The number of para-hydroxylation sites is 1. The molecule has 0 fully saturated rings. The predicted molar refractivity (Wildman–Crippen MR) is 75.6 cm³/mol. The van der Waals surface area contributed by atoms with E-state index in [-0.39, 0.29) is 0 Å². The molecule has 0 saturated carbocycles. The van der Waals surface area contributed by atoms with Crippen molar-refractivity contribution in [1.29, 1.82) is 0 Å². The van der Waals surface area contributed by atoms with Gasteiger partial charge in [0.2, 0.25) is 0 Å². The lowest BCUT2D eigenvalue weighted by atomic mass is 10.2. The van der Waals surface area contributed by atoms with E-state index in [1.54, 1.807) is 24.7 Å². The Labute approximate surface area is 115 Å². The van der Waals surface area contributed by atoms with Gasteiger partial charge < -0.3 is 4.74 Å². The molecule has 0 spiro atoms. The van der Waals surface area contributed by atoms with Gasteiger partial charge in [0.25, 0.3) is 0 Å². The van der Waals surface area contributed by atoms with Crippen molar-refractivity contribution < 1.29 is 4.74 Å². The van der Waals surface area contributed by atoms with E-state index in [0.717, 1.165) is 16.5 Å². The maximum atomic E-state index is 5.86. The second-order valence-corrected chi connectivity index (χ2v) is 4.35. The Kier molecular flexibility index (Phi) is 3.29. The molecule has 0 aliphatic rings. The molecular weight excluding hydrogens is 260 g/mol. The Morgan fingerprint density at radius 1 is 1.11 bits per heavy atom. The minimum Gasteiger partial charge on any atom is -0.455 e. The maximum Gasteiger partial charge on any atom is 0.146 e. The fourth-order valence-corrected chi connectivity index (χ4v) is 2.05. The Balaban J connectivity index is 1.96. The molecule has 0 aliphatic heterocycles. The number of hydrogen-bond donors (Lipinski definition) is 0. The number of ether oxygens (including phenoxy) is 1. The largest absolute Gasteiger partial charge is 0.455 e. The average molecular weight is 271 g/mol. The third-order valence-corrected chi connectivity index (χ3v) is 3.08. The molecule has 0 unspecified atom stereocenters. The van der Waals surface area contributed by atoms with E-state index >= 15 is 0 Å². The van der Waals surface area contributed by atoms with Crippen LogP contribution in [0.25, 0.3) is 10.9 Å². The van der Waals surface area contributed by atoms with Gasteiger partial charge in [-0.25, -0.2) is 0 Å². The molecule has 0 saturated heterocycles. The maximum absolute atomic E-state index is 5.86. The molecule has 2 aromatic heterocycles. The number of pyridine rings is 2. The van der Waals surface area contributed by atoms with Gasteiger partial charge in [0.05, 0.1) is 17.6 Å². The summed E-state index contributed by atoms with van der Waals surface area (Å²) in [6, 6.07) is 11.7. The smallest absolute Gasteiger partial charge is 0.146 e. The van der Waals surface area contributed by atoms with Crippen molar-refractivity contribution in [2.75, 3.05) is 0 Å². The van der Waals surface area contributed by atoms with Crippen LogP contribution < -0.4 is 4.74 Å². The van der Waals surface area contributed by atoms with Gasteiger partial charge >= 0.3 is 0 Å². The van der Waals surface area contributed by atoms with Crippen molar-refractivity contribution >= 4 is 22.5 Å². The molecule has 3 aromatic rings. The van der Waals surface area contributed by atoms with E-state index < -0.39 is 0 Å². The van der Waals surface area contributed by atoms with E-state index in [4.69, 9.17) is 16.3 Å². The van der Waals surface area contributed by atoms with Crippen LogP contribution in [0, 0.1) is 0 Å². The van der Waals surface area contributed by atoms with E-state index in [9.17, 15) is 0 Å². The van der Waals surface area contributed by atoms with Crippen LogP contribution in [-0.2, 0) is 5.88 Å². The first kappa shape index (κ1) is 11.9. The first-order valence-corrected chi connectivity index (χ1v) is 6.42. The van der Waals surface area contributed by atoms with Gasteiger partial charge in [0.15, 0.2) is 0 Å². The Hall–Kier alpha value is -2.13. The van der Waals surface area contributed by atoms with E-state index in [2.05, 4.69) is 9.97 Å². The monoisotopic (exact) mass is 270 g/mol. The first-order valence-electron chi connectivity index (χ1n) is 5.88. The van der Waals surface area contributed by atoms with E-state index in [0.29, 0.717) is 17.4 Å². The second kappa shape index (κ2) is 5.24. The molecule has 3 nitrogen and oxygen atoms in total. The molecule has 0 aliphatic carbocycles. The van der Waals surface area contributed by atoms with Crippen molar-refractivity contribution in [2.45, 2.75) is 5.88 Å². The minimum absolute atomic E-state index is 0.365. The fourth-order valence-electron chi connectivity index (χ4n) is 1.85. The van der Waals surface area contributed by atoms with Crippen molar-refractivity contribution in [2.24, 2.45) is 0 Å². The van der Waals surface area contributed by atoms with Crippen LogP contribution in [-0.4, -0.2) is 9.97 Å². The molecule has 94 valence electrons. The van der Waals surface area contributed by atoms with Crippen LogP contribution in [0.5, 0.6) is 11.5 Å². The summed E-state index contributed by atoms with van der Waals surface area (Å²) in [5.41, 5.74) is 1.81. The zero-order valence-corrected chi connectivity index (χ0v) is 10.8. The predicted octanol–water partition coefficient (Wildman–Crippen LogP) is 4.16. The zero-order valence-electron chi connectivity index (χ0n) is 10.1. The Bertz CT molecular complexity index is 715. The summed E-state index contributed by atoms with van der Waals surface area (Å²) in [6.45, 7) is 0. The number of aromatic nitrogens is 2. The highest BCUT2D eigenvalue weighted by Gasteiger charge is 2.05. The summed E-state index contributed by atoms with van der Waals surface area (Å²) >= 11 is 5.86. The fraction of sp³-hybridized carbons (Fsp3) is 0.0667. The van der Waals surface area contributed by atoms with Crippen molar-refractivity contribution in [3.63, 3.8) is 0 Å². The van der Waals surface area contributed by atoms with Gasteiger partial charge in [-0.15, -0.1) is 11.6 Å². The van der Waals surface area contributed by atoms with Crippen LogP contribution in [0.15, 0.2) is 55.0 Å². The molecule has 1 aromatic carbocycles. The summed E-state index contributed by atoms with van der Waals surface area (Å²) in [7, 11) is 0. The number of rotatable bonds is 3. The van der Waals surface area contributed by atoms with Crippen molar-refractivity contribution in [3.05, 3.63) is 60.6 Å². The van der Waals surface area contributed by atoms with Crippen molar-refractivity contribution in [1.82, 2.24) is 9.97 Å². The van der Waals surface area contributed by atoms with Crippen LogP contribution >= 0.6 is 11.6 Å². The number of fused-ring (bicyclic) bond motifs is 1. The molecule has 2 heterocycles. The number of alkyl halides is 1. The van der Waals surface area contributed by atoms with Gasteiger partial charge in [-0.2, -0.15) is 0 Å². The zero-order chi connectivity index (χ0) is 13.1. The standard InChI is InChI=1S/C15H11ClN2O/c16-8-12-9-17-6-5-15(12)19-13-7-11-3-1-2-4-14(11)18-10-13/h1-7,9-10H,8H2. The van der Waals surface area contributed by atoms with Crippen molar-refractivity contribution in [3.8, 4) is 11.5 Å². The normalized spacial score (nSPS) is 10.6. The second-order valence-electron chi connectivity index (χ2n) is 4.08. The third-order valence-electron chi connectivity index (χ3n) is 2.80. The average Bonchev–Trinajstić information content (AvgIpc) is 2.48. The lowest BCUT2D eigenvalue weighted by molar-refractivity contribution is 0.476. The summed E-state index contributed by atoms with van der Waals surface area (Å²) in [5, 5.41) is 1.04.